The first kappa shape index (κ1) is 38.4. The summed E-state index contributed by atoms with van der Waals surface area (Å²) in [5.74, 6) is 1.53. The van der Waals surface area contributed by atoms with Crippen LogP contribution in [0.2, 0.25) is 0 Å². The number of aromatic nitrogens is 2. The van der Waals surface area contributed by atoms with Crippen molar-refractivity contribution in [1.82, 2.24) is 9.97 Å². The molecule has 6 rings (SSSR count). The van der Waals surface area contributed by atoms with Crippen LogP contribution in [-0.4, -0.2) is 20.9 Å². The minimum absolute atomic E-state index is 0. The molecule has 4 aromatic carbocycles. The Morgan fingerprint density at radius 1 is 0.837 bits per heavy atom. The molecule has 0 amide bonds. The Balaban J connectivity index is 0.000000260. The largest absolute Gasteiger partial charge is 0.512 e. The van der Waals surface area contributed by atoms with Gasteiger partial charge in [-0.2, -0.15) is 0 Å². The molecule has 1 N–H and O–H groups in total. The number of carbonyl (C=O) groups is 1. The summed E-state index contributed by atoms with van der Waals surface area (Å²) in [5, 5.41) is 16.4. The van der Waals surface area contributed by atoms with E-state index in [4.69, 9.17) is 9.97 Å². The number of hydrogen-bond acceptors (Lipinski definition) is 5. The summed E-state index contributed by atoms with van der Waals surface area (Å²) in [7, 11) is 0. The summed E-state index contributed by atoms with van der Waals surface area (Å²) in [4.78, 5) is 22.0. The van der Waals surface area contributed by atoms with E-state index in [1.54, 1.807) is 11.3 Å². The summed E-state index contributed by atoms with van der Waals surface area (Å²) in [6, 6.07) is 27.2. The molecular formula is C43H49IrN2O2S-. The van der Waals surface area contributed by atoms with Gasteiger partial charge in [0.2, 0.25) is 0 Å². The molecule has 2 heterocycles. The van der Waals surface area contributed by atoms with Crippen molar-refractivity contribution in [2.24, 2.45) is 10.8 Å². The number of aliphatic hydroxyl groups excluding tert-OH is 1. The van der Waals surface area contributed by atoms with Crippen LogP contribution in [0, 0.1) is 23.8 Å². The third kappa shape index (κ3) is 7.53. The van der Waals surface area contributed by atoms with Gasteiger partial charge >= 0.3 is 0 Å². The maximum atomic E-state index is 12.2. The van der Waals surface area contributed by atoms with Crippen LogP contribution >= 0.6 is 11.3 Å². The summed E-state index contributed by atoms with van der Waals surface area (Å²) in [6.07, 6.45) is 4.75. The van der Waals surface area contributed by atoms with Gasteiger partial charge in [-0.25, -0.2) is 4.98 Å². The zero-order valence-corrected chi connectivity index (χ0v) is 33.5. The Morgan fingerprint density at radius 3 is 2.04 bits per heavy atom. The number of nitrogens with zero attached hydrogens (tertiary/aromatic N) is 2. The molecule has 0 aliphatic rings. The van der Waals surface area contributed by atoms with Gasteiger partial charge in [-0.3, -0.25) is 9.78 Å². The van der Waals surface area contributed by atoms with Crippen LogP contribution in [0.15, 0.2) is 78.6 Å². The van der Waals surface area contributed by atoms with Gasteiger partial charge in [0, 0.05) is 57.5 Å². The summed E-state index contributed by atoms with van der Waals surface area (Å²) in [6.45, 7) is 18.6. The van der Waals surface area contributed by atoms with E-state index in [1.807, 2.05) is 48.5 Å². The monoisotopic (exact) mass is 850 g/mol. The molecule has 4 nitrogen and oxygen atoms in total. The fourth-order valence-electron chi connectivity index (χ4n) is 6.21. The molecule has 6 heteroatoms. The Hall–Kier alpha value is -3.44. The second-order valence-electron chi connectivity index (χ2n) is 13.8. The van der Waals surface area contributed by atoms with Crippen molar-refractivity contribution < 1.29 is 30.0 Å². The predicted molar refractivity (Wildman–Crippen MR) is 206 cm³/mol. The number of hydrogen-bond donors (Lipinski definition) is 1. The van der Waals surface area contributed by atoms with Crippen molar-refractivity contribution in [2.45, 2.75) is 93.9 Å². The van der Waals surface area contributed by atoms with Crippen LogP contribution in [0.4, 0.5) is 0 Å². The second-order valence-corrected chi connectivity index (χ2v) is 14.9. The van der Waals surface area contributed by atoms with Crippen LogP contribution in [0.25, 0.3) is 53.1 Å². The molecule has 0 fully saturated rings. The van der Waals surface area contributed by atoms with Crippen molar-refractivity contribution in [3.05, 3.63) is 96.0 Å². The number of rotatable bonds is 9. The number of aliphatic hydroxyl groups is 1. The number of ketones is 1. The molecule has 0 aliphatic carbocycles. The third-order valence-electron chi connectivity index (χ3n) is 10.6. The number of fused-ring (bicyclic) bond motifs is 6. The van der Waals surface area contributed by atoms with Gasteiger partial charge in [-0.15, -0.1) is 40.5 Å². The standard InChI is InChI=1S/C28H21N2S.C15H28O2.Ir/c1-16(2)23-15-24-26-28(31-27(24)22-11-7-6-10-21(22)23)25(29-17(3)30-26)20-13-12-18-8-4-5-9-19(18)14-20;1-7-14(5,8-2)12(16)11-13(17)15(6,9-3)10-4;/h4-12,14-16H,1-3H3;11,16H,7-10H2,1-6H3;/q-1;;/b;12-11-;. The van der Waals surface area contributed by atoms with Crippen LogP contribution in [0.3, 0.4) is 0 Å². The van der Waals surface area contributed by atoms with Crippen LogP contribution < -0.4 is 0 Å². The van der Waals surface area contributed by atoms with Crippen molar-refractivity contribution >= 4 is 59.0 Å². The van der Waals surface area contributed by atoms with E-state index in [2.05, 4.69) is 86.6 Å². The van der Waals surface area contributed by atoms with Gasteiger partial charge < -0.3 is 5.11 Å². The normalized spacial score (nSPS) is 12.4. The molecule has 0 bridgehead atoms. The molecule has 0 unspecified atom stereocenters. The van der Waals surface area contributed by atoms with E-state index in [0.717, 1.165) is 53.0 Å². The van der Waals surface area contributed by atoms with Gasteiger partial charge in [0.1, 0.15) is 11.6 Å². The number of aryl methyl sites for hydroxylation is 1. The fourth-order valence-corrected chi connectivity index (χ4v) is 7.48. The third-order valence-corrected chi connectivity index (χ3v) is 11.9. The molecular weight excluding hydrogens is 801 g/mol. The van der Waals surface area contributed by atoms with Gasteiger partial charge in [0.15, 0.2) is 5.78 Å². The Kier molecular flexibility index (Phi) is 12.2. The van der Waals surface area contributed by atoms with Gasteiger partial charge in [-0.05, 0) is 60.9 Å². The topological polar surface area (TPSA) is 63.1 Å². The van der Waals surface area contributed by atoms with Gasteiger partial charge in [0.25, 0.3) is 0 Å². The van der Waals surface area contributed by atoms with Crippen molar-refractivity contribution in [1.29, 1.82) is 0 Å². The van der Waals surface area contributed by atoms with Crippen LogP contribution in [0.5, 0.6) is 0 Å². The zero-order chi connectivity index (χ0) is 34.8. The van der Waals surface area contributed by atoms with E-state index in [9.17, 15) is 9.90 Å². The van der Waals surface area contributed by atoms with E-state index < -0.39 is 0 Å². The van der Waals surface area contributed by atoms with Crippen LogP contribution in [0.1, 0.15) is 98.4 Å². The fraction of sp³-hybridized carbons (Fsp3) is 0.372. The SMILES string of the molecule is CCC(C)(CC)C(=O)/C=C(\O)C(C)(CC)CC.Cc1nc(-c2[c-]cc3ccccc3c2)c2sc3c4ccccc4c(C(C)C)cc3c2n1.[Ir]. The summed E-state index contributed by atoms with van der Waals surface area (Å²) in [5.41, 5.74) is 3.82. The molecule has 49 heavy (non-hydrogen) atoms. The maximum absolute atomic E-state index is 12.2. The molecule has 0 spiro atoms. The molecule has 0 saturated heterocycles. The van der Waals surface area contributed by atoms with E-state index in [1.165, 1.54) is 43.3 Å². The Morgan fingerprint density at radius 2 is 1.43 bits per heavy atom. The van der Waals surface area contributed by atoms with Gasteiger partial charge in [0.05, 0.1) is 5.52 Å². The van der Waals surface area contributed by atoms with Crippen LogP contribution in [-0.2, 0) is 24.9 Å². The first-order chi connectivity index (χ1) is 22.9. The van der Waals surface area contributed by atoms with E-state index in [0.29, 0.717) is 5.92 Å². The minimum atomic E-state index is -0.337. The number of carbonyl (C=O) groups excluding carboxylic acids is 1. The van der Waals surface area contributed by atoms with E-state index >= 15 is 0 Å². The number of benzene rings is 4. The minimum Gasteiger partial charge on any atom is -0.512 e. The average molecular weight is 850 g/mol. The van der Waals surface area contributed by atoms with Gasteiger partial charge in [-0.1, -0.05) is 109 Å². The molecule has 0 aliphatic heterocycles. The average Bonchev–Trinajstić information content (AvgIpc) is 3.48. The summed E-state index contributed by atoms with van der Waals surface area (Å²) >= 11 is 1.80. The smallest absolute Gasteiger partial charge is 0.164 e. The zero-order valence-electron chi connectivity index (χ0n) is 30.3. The summed E-state index contributed by atoms with van der Waals surface area (Å²) < 4.78 is 2.43. The quantitative estimate of drug-likeness (QED) is 0.0894. The van der Waals surface area contributed by atoms with E-state index in [-0.39, 0.29) is 42.5 Å². The molecule has 2 aromatic heterocycles. The first-order valence-corrected chi connectivity index (χ1v) is 18.2. The second kappa shape index (κ2) is 15.6. The van der Waals surface area contributed by atoms with Crippen molar-refractivity contribution in [3.63, 3.8) is 0 Å². The Bertz CT molecular complexity index is 2140. The molecule has 0 saturated carbocycles. The maximum Gasteiger partial charge on any atom is 0.164 e. The number of thiophene rings is 1. The van der Waals surface area contributed by atoms with Crippen molar-refractivity contribution in [3.8, 4) is 11.3 Å². The molecule has 0 atom stereocenters. The number of allylic oxidation sites excluding steroid dienone is 2. The first-order valence-electron chi connectivity index (χ1n) is 17.4. The molecule has 1 radical (unpaired) electrons. The predicted octanol–water partition coefficient (Wildman–Crippen LogP) is 12.7. The molecule has 259 valence electrons. The molecule has 6 aromatic rings. The van der Waals surface area contributed by atoms with Crippen molar-refractivity contribution in [2.75, 3.05) is 0 Å². The Labute approximate surface area is 309 Å².